The highest BCUT2D eigenvalue weighted by molar-refractivity contribution is 6.30. The molecule has 1 aliphatic rings. The molecule has 0 radical (unpaired) electrons. The summed E-state index contributed by atoms with van der Waals surface area (Å²) in [6.45, 7) is 8.22. The van der Waals surface area contributed by atoms with Gasteiger partial charge in [-0.25, -0.2) is 0 Å². The SMILES string of the molecule is CC(C)(C)NC(=O)c1ccccc1NC(=O)C1CCCN(Cc2cccc(Cl)c2)C1. The van der Waals surface area contributed by atoms with E-state index in [-0.39, 0.29) is 23.3 Å². The number of benzene rings is 2. The minimum atomic E-state index is -0.349. The van der Waals surface area contributed by atoms with Gasteiger partial charge in [0.05, 0.1) is 17.2 Å². The zero-order valence-electron chi connectivity index (χ0n) is 17.9. The molecular formula is C24H30ClN3O2. The summed E-state index contributed by atoms with van der Waals surface area (Å²) in [6.07, 6.45) is 1.80. The van der Waals surface area contributed by atoms with Gasteiger partial charge in [0.1, 0.15) is 0 Å². The van der Waals surface area contributed by atoms with Crippen LogP contribution in [-0.2, 0) is 11.3 Å². The summed E-state index contributed by atoms with van der Waals surface area (Å²) in [4.78, 5) is 27.9. The van der Waals surface area contributed by atoms with E-state index >= 15 is 0 Å². The molecule has 5 nitrogen and oxygen atoms in total. The Morgan fingerprint density at radius 2 is 1.90 bits per heavy atom. The lowest BCUT2D eigenvalue weighted by Crippen LogP contribution is -2.42. The molecule has 1 saturated heterocycles. The number of anilines is 1. The third-order valence-corrected chi connectivity index (χ3v) is 5.32. The fourth-order valence-corrected chi connectivity index (χ4v) is 3.95. The first-order valence-electron chi connectivity index (χ1n) is 10.4. The Balaban J connectivity index is 1.65. The number of hydrogen-bond donors (Lipinski definition) is 2. The molecule has 0 bridgehead atoms. The molecule has 160 valence electrons. The lowest BCUT2D eigenvalue weighted by atomic mass is 9.96. The maximum atomic E-state index is 13.0. The summed E-state index contributed by atoms with van der Waals surface area (Å²) < 4.78 is 0. The van der Waals surface area contributed by atoms with Gasteiger partial charge in [-0.3, -0.25) is 14.5 Å². The van der Waals surface area contributed by atoms with E-state index in [1.807, 2.05) is 45.0 Å². The number of likely N-dealkylation sites (tertiary alicyclic amines) is 1. The number of carbonyl (C=O) groups is 2. The normalized spacial score (nSPS) is 17.4. The van der Waals surface area contributed by atoms with Gasteiger partial charge in [0.2, 0.25) is 5.91 Å². The van der Waals surface area contributed by atoms with Crippen LogP contribution in [-0.4, -0.2) is 35.3 Å². The van der Waals surface area contributed by atoms with E-state index < -0.39 is 0 Å². The molecule has 1 unspecified atom stereocenters. The molecule has 1 heterocycles. The van der Waals surface area contributed by atoms with Gasteiger partial charge < -0.3 is 10.6 Å². The Hall–Kier alpha value is -2.37. The van der Waals surface area contributed by atoms with Crippen LogP contribution in [0.1, 0.15) is 49.5 Å². The van der Waals surface area contributed by atoms with E-state index in [0.29, 0.717) is 17.8 Å². The van der Waals surface area contributed by atoms with Gasteiger partial charge in [0, 0.05) is 23.7 Å². The first kappa shape index (κ1) is 22.3. The Kier molecular flexibility index (Phi) is 7.16. The van der Waals surface area contributed by atoms with E-state index in [9.17, 15) is 9.59 Å². The molecule has 1 fully saturated rings. The maximum absolute atomic E-state index is 13.0. The van der Waals surface area contributed by atoms with Crippen LogP contribution >= 0.6 is 11.6 Å². The number of carbonyl (C=O) groups excluding carboxylic acids is 2. The van der Waals surface area contributed by atoms with Crippen LogP contribution in [0, 0.1) is 5.92 Å². The number of piperidine rings is 1. The van der Waals surface area contributed by atoms with Crippen LogP contribution in [0.2, 0.25) is 5.02 Å². The minimum absolute atomic E-state index is 0.0400. The second-order valence-electron chi connectivity index (χ2n) is 8.94. The fraction of sp³-hybridized carbons (Fsp3) is 0.417. The van der Waals surface area contributed by atoms with Crippen molar-refractivity contribution in [2.75, 3.05) is 18.4 Å². The molecule has 0 spiro atoms. The monoisotopic (exact) mass is 427 g/mol. The summed E-state index contributed by atoms with van der Waals surface area (Å²) in [6, 6.07) is 15.0. The Morgan fingerprint density at radius 3 is 2.63 bits per heavy atom. The quantitative estimate of drug-likeness (QED) is 0.725. The molecule has 30 heavy (non-hydrogen) atoms. The van der Waals surface area contributed by atoms with Gasteiger partial charge in [-0.15, -0.1) is 0 Å². The summed E-state index contributed by atoms with van der Waals surface area (Å²) >= 11 is 6.10. The molecule has 2 aromatic rings. The van der Waals surface area contributed by atoms with Crippen LogP contribution in [0.15, 0.2) is 48.5 Å². The Morgan fingerprint density at radius 1 is 1.13 bits per heavy atom. The smallest absolute Gasteiger partial charge is 0.253 e. The van der Waals surface area contributed by atoms with Crippen LogP contribution < -0.4 is 10.6 Å². The minimum Gasteiger partial charge on any atom is -0.347 e. The molecule has 1 aliphatic heterocycles. The Bertz CT molecular complexity index is 907. The average molecular weight is 428 g/mol. The molecule has 0 aliphatic carbocycles. The highest BCUT2D eigenvalue weighted by Gasteiger charge is 2.27. The fourth-order valence-electron chi connectivity index (χ4n) is 3.74. The van der Waals surface area contributed by atoms with Crippen molar-refractivity contribution < 1.29 is 9.59 Å². The summed E-state index contributed by atoms with van der Waals surface area (Å²) in [5.41, 5.74) is 1.83. The third kappa shape index (κ3) is 6.31. The van der Waals surface area contributed by atoms with Crippen LogP contribution in [0.25, 0.3) is 0 Å². The van der Waals surface area contributed by atoms with Crippen molar-refractivity contribution >= 4 is 29.1 Å². The Labute approximate surface area is 183 Å². The van der Waals surface area contributed by atoms with Crippen molar-refractivity contribution in [2.45, 2.75) is 45.7 Å². The van der Waals surface area contributed by atoms with Crippen molar-refractivity contribution in [3.05, 3.63) is 64.7 Å². The van der Waals surface area contributed by atoms with E-state index in [1.54, 1.807) is 18.2 Å². The number of amides is 2. The van der Waals surface area contributed by atoms with E-state index in [0.717, 1.165) is 36.5 Å². The van der Waals surface area contributed by atoms with E-state index in [2.05, 4.69) is 21.6 Å². The van der Waals surface area contributed by atoms with Gasteiger partial charge in [-0.1, -0.05) is 35.9 Å². The zero-order valence-corrected chi connectivity index (χ0v) is 18.6. The number of hydrogen-bond acceptors (Lipinski definition) is 3. The zero-order chi connectivity index (χ0) is 21.7. The third-order valence-electron chi connectivity index (χ3n) is 5.09. The topological polar surface area (TPSA) is 61.4 Å². The first-order chi connectivity index (χ1) is 14.2. The summed E-state index contributed by atoms with van der Waals surface area (Å²) in [7, 11) is 0. The highest BCUT2D eigenvalue weighted by Crippen LogP contribution is 2.23. The molecule has 0 aromatic heterocycles. The van der Waals surface area contributed by atoms with Crippen molar-refractivity contribution in [1.29, 1.82) is 0 Å². The number of nitrogens with zero attached hydrogens (tertiary/aromatic N) is 1. The van der Waals surface area contributed by atoms with Gasteiger partial charge in [-0.2, -0.15) is 0 Å². The van der Waals surface area contributed by atoms with Crippen LogP contribution in [0.3, 0.4) is 0 Å². The molecule has 3 rings (SSSR count). The van der Waals surface area contributed by atoms with E-state index in [4.69, 9.17) is 11.6 Å². The average Bonchev–Trinajstić information content (AvgIpc) is 2.67. The number of rotatable bonds is 5. The molecule has 1 atom stereocenters. The van der Waals surface area contributed by atoms with Crippen molar-refractivity contribution in [3.63, 3.8) is 0 Å². The van der Waals surface area contributed by atoms with Gasteiger partial charge in [-0.05, 0) is 70.0 Å². The lowest BCUT2D eigenvalue weighted by molar-refractivity contribution is -0.121. The predicted octanol–water partition coefficient (Wildman–Crippen LogP) is 4.72. The maximum Gasteiger partial charge on any atom is 0.253 e. The van der Waals surface area contributed by atoms with E-state index in [1.165, 1.54) is 0 Å². The summed E-state index contributed by atoms with van der Waals surface area (Å²) in [5.74, 6) is -0.344. The predicted molar refractivity (Wildman–Crippen MR) is 122 cm³/mol. The first-order valence-corrected chi connectivity index (χ1v) is 10.8. The number of nitrogens with one attached hydrogen (secondary N) is 2. The van der Waals surface area contributed by atoms with Crippen molar-refractivity contribution in [1.82, 2.24) is 10.2 Å². The van der Waals surface area contributed by atoms with Gasteiger partial charge >= 0.3 is 0 Å². The molecule has 6 heteroatoms. The molecule has 2 amide bonds. The highest BCUT2D eigenvalue weighted by atomic mass is 35.5. The molecular weight excluding hydrogens is 398 g/mol. The summed E-state index contributed by atoms with van der Waals surface area (Å²) in [5, 5.41) is 6.68. The van der Waals surface area contributed by atoms with Gasteiger partial charge in [0.15, 0.2) is 0 Å². The van der Waals surface area contributed by atoms with Crippen molar-refractivity contribution in [2.24, 2.45) is 5.92 Å². The van der Waals surface area contributed by atoms with Gasteiger partial charge in [0.25, 0.3) is 5.91 Å². The van der Waals surface area contributed by atoms with Crippen molar-refractivity contribution in [3.8, 4) is 0 Å². The lowest BCUT2D eigenvalue weighted by Gasteiger charge is -2.32. The van der Waals surface area contributed by atoms with Crippen LogP contribution in [0.5, 0.6) is 0 Å². The van der Waals surface area contributed by atoms with Crippen LogP contribution in [0.4, 0.5) is 5.69 Å². The number of para-hydroxylation sites is 1. The standard InChI is InChI=1S/C24H30ClN3O2/c1-24(2,3)27-23(30)20-11-4-5-12-21(20)26-22(29)18-9-7-13-28(16-18)15-17-8-6-10-19(25)14-17/h4-6,8,10-12,14,18H,7,9,13,15-16H2,1-3H3,(H,26,29)(H,27,30). The molecule has 2 N–H and O–H groups in total. The second-order valence-corrected chi connectivity index (χ2v) is 9.38. The largest absolute Gasteiger partial charge is 0.347 e. The number of halogens is 1. The molecule has 2 aromatic carbocycles. The second kappa shape index (κ2) is 9.63. The molecule has 0 saturated carbocycles.